The second kappa shape index (κ2) is 7.69. The lowest BCUT2D eigenvalue weighted by Gasteiger charge is -2.22. The van der Waals surface area contributed by atoms with Crippen LogP contribution in [0.4, 0.5) is 0 Å². The van der Waals surface area contributed by atoms with E-state index in [0.29, 0.717) is 22.9 Å². The number of thiophene rings is 1. The average Bonchev–Trinajstić information content (AvgIpc) is 3.39. The average molecular weight is 432 g/mol. The number of rotatable bonds is 5. The molecule has 0 aliphatic carbocycles. The van der Waals surface area contributed by atoms with Gasteiger partial charge >= 0.3 is 0 Å². The number of nitrogens with one attached hydrogen (secondary N) is 2. The molecule has 1 fully saturated rings. The normalized spacial score (nSPS) is 19.6. The second-order valence-electron chi connectivity index (χ2n) is 7.12. The molecule has 1 saturated heterocycles. The van der Waals surface area contributed by atoms with Gasteiger partial charge in [-0.25, -0.2) is 18.1 Å². The summed E-state index contributed by atoms with van der Waals surface area (Å²) >= 11 is 1.42. The summed E-state index contributed by atoms with van der Waals surface area (Å²) in [7, 11) is -3.39. The molecule has 3 heterocycles. The van der Waals surface area contributed by atoms with E-state index in [-0.39, 0.29) is 18.5 Å². The highest BCUT2D eigenvalue weighted by Crippen LogP contribution is 2.33. The van der Waals surface area contributed by atoms with Gasteiger partial charge in [0.15, 0.2) is 5.82 Å². The van der Waals surface area contributed by atoms with Crippen LogP contribution in [-0.2, 0) is 10.0 Å². The highest BCUT2D eigenvalue weighted by Gasteiger charge is 2.39. The van der Waals surface area contributed by atoms with Gasteiger partial charge in [0.05, 0.1) is 17.2 Å². The topological polar surface area (TPSA) is 108 Å². The van der Waals surface area contributed by atoms with E-state index in [1.807, 2.05) is 43.3 Å². The summed E-state index contributed by atoms with van der Waals surface area (Å²) < 4.78 is 26.1. The van der Waals surface area contributed by atoms with E-state index in [0.717, 1.165) is 16.7 Å². The lowest BCUT2D eigenvalue weighted by atomic mass is 10.1. The van der Waals surface area contributed by atoms with Gasteiger partial charge in [-0.05, 0) is 25.5 Å². The van der Waals surface area contributed by atoms with Gasteiger partial charge < -0.3 is 4.90 Å². The van der Waals surface area contributed by atoms with E-state index in [9.17, 15) is 13.2 Å². The molecule has 1 amide bonds. The number of aromatic amines is 1. The predicted molar refractivity (Wildman–Crippen MR) is 111 cm³/mol. The molecule has 2 N–H and O–H groups in total. The number of hydrogen-bond acceptors (Lipinski definition) is 6. The summed E-state index contributed by atoms with van der Waals surface area (Å²) in [5.41, 5.74) is 0.866. The van der Waals surface area contributed by atoms with Crippen molar-refractivity contribution in [1.29, 1.82) is 0 Å². The van der Waals surface area contributed by atoms with Crippen LogP contribution in [0.1, 0.15) is 32.8 Å². The smallest absolute Gasteiger partial charge is 0.264 e. The Morgan fingerprint density at radius 1 is 1.24 bits per heavy atom. The second-order valence-corrected chi connectivity index (χ2v) is 10.2. The Balaban J connectivity index is 1.64. The van der Waals surface area contributed by atoms with Gasteiger partial charge in [-0.3, -0.25) is 9.89 Å². The number of benzene rings is 1. The van der Waals surface area contributed by atoms with Crippen molar-refractivity contribution < 1.29 is 13.2 Å². The van der Waals surface area contributed by atoms with Crippen LogP contribution in [0.15, 0.2) is 42.5 Å². The third-order valence-electron chi connectivity index (χ3n) is 4.74. The molecule has 0 spiro atoms. The van der Waals surface area contributed by atoms with Gasteiger partial charge in [-0.15, -0.1) is 11.3 Å². The molecule has 0 radical (unpaired) electrons. The van der Waals surface area contributed by atoms with Gasteiger partial charge in [0.25, 0.3) is 5.91 Å². The largest absolute Gasteiger partial charge is 0.326 e. The predicted octanol–water partition coefficient (Wildman–Crippen LogP) is 2.35. The molecule has 2 unspecified atom stereocenters. The third-order valence-corrected chi connectivity index (χ3v) is 6.49. The van der Waals surface area contributed by atoms with Crippen molar-refractivity contribution in [3.63, 3.8) is 0 Å². The van der Waals surface area contributed by atoms with Crippen LogP contribution in [-0.4, -0.2) is 53.2 Å². The Morgan fingerprint density at radius 2 is 2.00 bits per heavy atom. The quantitative estimate of drug-likeness (QED) is 0.645. The van der Waals surface area contributed by atoms with Crippen molar-refractivity contribution in [3.8, 4) is 11.4 Å². The van der Waals surface area contributed by atoms with Crippen molar-refractivity contribution in [2.24, 2.45) is 0 Å². The van der Waals surface area contributed by atoms with E-state index in [1.165, 1.54) is 11.3 Å². The van der Waals surface area contributed by atoms with Gasteiger partial charge in [0.2, 0.25) is 10.0 Å². The van der Waals surface area contributed by atoms with Crippen LogP contribution in [0.25, 0.3) is 11.4 Å². The minimum absolute atomic E-state index is 0.136. The zero-order valence-corrected chi connectivity index (χ0v) is 17.6. The molecule has 1 aliphatic heterocycles. The Kier molecular flexibility index (Phi) is 5.24. The summed E-state index contributed by atoms with van der Waals surface area (Å²) in [5.74, 6) is 0.950. The molecule has 2 aromatic heterocycles. The van der Waals surface area contributed by atoms with Crippen molar-refractivity contribution in [1.82, 2.24) is 24.8 Å². The molecular weight excluding hydrogens is 410 g/mol. The van der Waals surface area contributed by atoms with Crippen LogP contribution >= 0.6 is 11.3 Å². The van der Waals surface area contributed by atoms with Crippen molar-refractivity contribution in [2.45, 2.75) is 25.4 Å². The first-order valence-corrected chi connectivity index (χ1v) is 11.8. The lowest BCUT2D eigenvalue weighted by molar-refractivity contribution is 0.0733. The van der Waals surface area contributed by atoms with Crippen molar-refractivity contribution in [3.05, 3.63) is 58.0 Å². The van der Waals surface area contributed by atoms with E-state index in [2.05, 4.69) is 19.9 Å². The number of aryl methyl sites for hydroxylation is 1. The molecular formula is C19H21N5O3S2. The van der Waals surface area contributed by atoms with E-state index < -0.39 is 16.1 Å². The van der Waals surface area contributed by atoms with Crippen molar-refractivity contribution in [2.75, 3.05) is 12.8 Å². The zero-order valence-electron chi connectivity index (χ0n) is 16.0. The number of likely N-dealkylation sites (tertiary alicyclic amines) is 1. The van der Waals surface area contributed by atoms with Crippen LogP contribution in [0.2, 0.25) is 0 Å². The summed E-state index contributed by atoms with van der Waals surface area (Å²) in [6.07, 6.45) is 1.55. The minimum Gasteiger partial charge on any atom is -0.326 e. The first-order valence-electron chi connectivity index (χ1n) is 9.12. The molecule has 3 aromatic rings. The lowest BCUT2D eigenvalue weighted by Crippen LogP contribution is -2.38. The highest BCUT2D eigenvalue weighted by atomic mass is 32.2. The maximum atomic E-state index is 13.1. The molecule has 0 bridgehead atoms. The molecule has 8 nitrogen and oxygen atoms in total. The molecule has 10 heteroatoms. The summed E-state index contributed by atoms with van der Waals surface area (Å²) in [6, 6.07) is 12.5. The van der Waals surface area contributed by atoms with Gasteiger partial charge in [0.1, 0.15) is 5.82 Å². The summed E-state index contributed by atoms with van der Waals surface area (Å²) in [6.45, 7) is 2.22. The van der Waals surface area contributed by atoms with Crippen LogP contribution < -0.4 is 4.72 Å². The molecule has 4 rings (SSSR count). The number of amides is 1. The molecule has 29 heavy (non-hydrogen) atoms. The number of H-pyrrole nitrogens is 1. The molecule has 0 saturated carbocycles. The zero-order chi connectivity index (χ0) is 20.6. The van der Waals surface area contributed by atoms with Gasteiger partial charge in [-0.2, -0.15) is 5.10 Å². The highest BCUT2D eigenvalue weighted by molar-refractivity contribution is 7.88. The molecule has 1 aromatic carbocycles. The van der Waals surface area contributed by atoms with Gasteiger partial charge in [-0.1, -0.05) is 30.3 Å². The summed E-state index contributed by atoms with van der Waals surface area (Å²) in [5, 5.41) is 7.23. The monoisotopic (exact) mass is 431 g/mol. The first kappa shape index (κ1) is 19.7. The minimum atomic E-state index is -3.39. The maximum Gasteiger partial charge on any atom is 0.264 e. The standard InChI is InChI=1S/C19H21N5O3S2/c1-12-8-9-16(28-12)19(25)24-11-14(23-29(2,26)27)10-15(24)18-20-17(21-22-18)13-6-4-3-5-7-13/h3-9,14-15,23H,10-11H2,1-2H3,(H,20,21,22). The molecule has 1 aliphatic rings. The Morgan fingerprint density at radius 3 is 2.66 bits per heavy atom. The van der Waals surface area contributed by atoms with Gasteiger partial charge in [0, 0.05) is 23.0 Å². The fourth-order valence-corrected chi connectivity index (χ4v) is 5.14. The van der Waals surface area contributed by atoms with E-state index in [1.54, 1.807) is 11.0 Å². The fourth-order valence-electron chi connectivity index (χ4n) is 3.54. The molecule has 2 atom stereocenters. The molecule has 152 valence electrons. The number of nitrogens with zero attached hydrogens (tertiary/aromatic N) is 3. The number of sulfonamides is 1. The Bertz CT molecular complexity index is 1120. The number of aromatic nitrogens is 3. The Hall–Kier alpha value is -2.56. The fraction of sp³-hybridized carbons (Fsp3) is 0.316. The van der Waals surface area contributed by atoms with Crippen LogP contribution in [0, 0.1) is 6.92 Å². The first-order chi connectivity index (χ1) is 13.8. The number of carbonyl (C=O) groups is 1. The number of carbonyl (C=O) groups excluding carboxylic acids is 1. The van der Waals surface area contributed by atoms with Crippen LogP contribution in [0.3, 0.4) is 0 Å². The van der Waals surface area contributed by atoms with Crippen molar-refractivity contribution >= 4 is 27.3 Å². The summed E-state index contributed by atoms with van der Waals surface area (Å²) in [4.78, 5) is 21.1. The maximum absolute atomic E-state index is 13.1. The van der Waals surface area contributed by atoms with E-state index >= 15 is 0 Å². The van der Waals surface area contributed by atoms with E-state index in [4.69, 9.17) is 0 Å². The SMILES string of the molecule is Cc1ccc(C(=O)N2CC(NS(C)(=O)=O)CC2c2nc(-c3ccccc3)n[nH]2)s1. The number of hydrogen-bond donors (Lipinski definition) is 2. The van der Waals surface area contributed by atoms with Crippen LogP contribution in [0.5, 0.6) is 0 Å². The Labute approximate surface area is 173 Å². The third kappa shape index (κ3) is 4.39.